The third-order valence-corrected chi connectivity index (χ3v) is 11.5. The Morgan fingerprint density at radius 3 is 1.48 bits per heavy atom. The van der Waals surface area contributed by atoms with E-state index in [0.29, 0.717) is 19.3 Å². The maximum Gasteiger partial charge on any atom is 0.306 e. The van der Waals surface area contributed by atoms with E-state index in [1.54, 1.807) is 0 Å². The number of aliphatic hydroxyl groups excluding tert-OH is 2. The molecular weight excluding hydrogens is 791 g/mol. The lowest BCUT2D eigenvalue weighted by molar-refractivity contribution is -0.151. The number of amides is 1. The van der Waals surface area contributed by atoms with Gasteiger partial charge < -0.3 is 20.3 Å². The van der Waals surface area contributed by atoms with E-state index < -0.39 is 18.2 Å². The van der Waals surface area contributed by atoms with Crippen molar-refractivity contribution in [2.24, 2.45) is 0 Å². The molecule has 0 bridgehead atoms. The van der Waals surface area contributed by atoms with Gasteiger partial charge in [-0.2, -0.15) is 0 Å². The Labute approximate surface area is 395 Å². The summed E-state index contributed by atoms with van der Waals surface area (Å²) in [6.45, 7) is 6.21. The standard InChI is InChI=1S/C58H99NO5/c1-4-7-10-13-16-19-22-25-27-29-32-35-38-41-44-47-50-56(61)55(53-60)59-57(62)52-54(49-46-43-40-37-34-31-24-21-18-15-12-9-6-3)64-58(63)51-48-45-42-39-36-33-30-28-26-23-20-17-14-11-8-5-2/h8-9,11-12,15,17-18,20-21,24,26,28,31,34,37,40,54-56,60-61H,4-7,10,13-14,16,19,22-23,25,27,29-30,32-33,35-36,38-39,41-53H2,1-3H3,(H,59,62)/b11-8+,12-9+,18-15+,20-17+,24-21-,28-26+,34-31-,40-37+. The number of nitrogens with one attached hydrogen (secondary N) is 1. The van der Waals surface area contributed by atoms with Crippen molar-refractivity contribution in [3.63, 3.8) is 0 Å². The summed E-state index contributed by atoms with van der Waals surface area (Å²) in [5.41, 5.74) is 0. The molecular formula is C58H99NO5. The average Bonchev–Trinajstić information content (AvgIpc) is 3.29. The molecule has 3 atom stereocenters. The molecule has 0 radical (unpaired) electrons. The summed E-state index contributed by atoms with van der Waals surface area (Å²) < 4.78 is 5.89. The molecule has 3 unspecified atom stereocenters. The van der Waals surface area contributed by atoms with Gasteiger partial charge in [0.2, 0.25) is 5.91 Å². The summed E-state index contributed by atoms with van der Waals surface area (Å²) in [7, 11) is 0. The molecule has 0 saturated heterocycles. The molecule has 366 valence electrons. The average molecular weight is 890 g/mol. The second-order valence-electron chi connectivity index (χ2n) is 17.6. The van der Waals surface area contributed by atoms with Gasteiger partial charge in [0.05, 0.1) is 25.2 Å². The number of aliphatic hydroxyl groups is 2. The Morgan fingerprint density at radius 1 is 0.484 bits per heavy atom. The molecule has 0 aliphatic carbocycles. The largest absolute Gasteiger partial charge is 0.462 e. The van der Waals surface area contributed by atoms with Gasteiger partial charge in [-0.15, -0.1) is 0 Å². The first-order valence-corrected chi connectivity index (χ1v) is 26.5. The molecule has 6 nitrogen and oxygen atoms in total. The summed E-state index contributed by atoms with van der Waals surface area (Å²) in [6, 6.07) is -0.733. The molecule has 0 saturated carbocycles. The predicted octanol–water partition coefficient (Wildman–Crippen LogP) is 16.1. The van der Waals surface area contributed by atoms with Gasteiger partial charge in [-0.3, -0.25) is 9.59 Å². The molecule has 0 aromatic heterocycles. The minimum atomic E-state index is -0.814. The lowest BCUT2D eigenvalue weighted by Crippen LogP contribution is -2.46. The number of rotatable bonds is 46. The second kappa shape index (κ2) is 50.8. The van der Waals surface area contributed by atoms with Gasteiger partial charge in [0.1, 0.15) is 6.10 Å². The van der Waals surface area contributed by atoms with Crippen molar-refractivity contribution in [2.45, 2.75) is 251 Å². The zero-order valence-electron chi connectivity index (χ0n) is 41.6. The first-order chi connectivity index (χ1) is 31.5. The van der Waals surface area contributed by atoms with Crippen LogP contribution in [0.4, 0.5) is 0 Å². The Morgan fingerprint density at radius 2 is 0.938 bits per heavy atom. The van der Waals surface area contributed by atoms with E-state index in [-0.39, 0.29) is 24.9 Å². The number of hydrogen-bond acceptors (Lipinski definition) is 5. The molecule has 0 heterocycles. The SMILES string of the molecule is CC/C=C/C=C/C=C\C=C/C=C/CCCC(CC(=O)NC(CO)C(O)CCCCCCCCCCCCCCCCCC)OC(=O)CCCCCCCC/C=C/C/C=C/C/C=C/CC. The van der Waals surface area contributed by atoms with Crippen LogP contribution in [-0.4, -0.2) is 46.9 Å². The number of unbranched alkanes of at least 4 members (excludes halogenated alkanes) is 22. The fourth-order valence-corrected chi connectivity index (χ4v) is 7.59. The maximum atomic E-state index is 13.2. The molecule has 0 fully saturated rings. The smallest absolute Gasteiger partial charge is 0.306 e. The van der Waals surface area contributed by atoms with Gasteiger partial charge in [-0.05, 0) is 70.6 Å². The molecule has 3 N–H and O–H groups in total. The predicted molar refractivity (Wildman–Crippen MR) is 277 cm³/mol. The van der Waals surface area contributed by atoms with Gasteiger partial charge in [-0.25, -0.2) is 0 Å². The highest BCUT2D eigenvalue weighted by atomic mass is 16.5. The Hall–Kier alpha value is -3.22. The van der Waals surface area contributed by atoms with Crippen LogP contribution in [0.3, 0.4) is 0 Å². The minimum absolute atomic E-state index is 0.0183. The minimum Gasteiger partial charge on any atom is -0.462 e. The monoisotopic (exact) mass is 890 g/mol. The van der Waals surface area contributed by atoms with Crippen molar-refractivity contribution < 1.29 is 24.5 Å². The zero-order chi connectivity index (χ0) is 46.7. The zero-order valence-corrected chi connectivity index (χ0v) is 41.6. The quantitative estimate of drug-likeness (QED) is 0.0245. The van der Waals surface area contributed by atoms with E-state index in [9.17, 15) is 19.8 Å². The van der Waals surface area contributed by atoms with E-state index >= 15 is 0 Å². The maximum absolute atomic E-state index is 13.2. The highest BCUT2D eigenvalue weighted by molar-refractivity contribution is 5.77. The topological polar surface area (TPSA) is 95.9 Å². The Kier molecular flexibility index (Phi) is 48.2. The summed E-state index contributed by atoms with van der Waals surface area (Å²) in [4.78, 5) is 26.2. The van der Waals surface area contributed by atoms with E-state index in [1.807, 2.05) is 48.6 Å². The van der Waals surface area contributed by atoms with Crippen LogP contribution in [0.1, 0.15) is 233 Å². The van der Waals surface area contributed by atoms with E-state index in [2.05, 4.69) is 74.7 Å². The van der Waals surface area contributed by atoms with Crippen molar-refractivity contribution in [1.29, 1.82) is 0 Å². The third kappa shape index (κ3) is 45.4. The molecule has 0 aromatic carbocycles. The van der Waals surface area contributed by atoms with Gasteiger partial charge >= 0.3 is 5.97 Å². The highest BCUT2D eigenvalue weighted by Gasteiger charge is 2.24. The lowest BCUT2D eigenvalue weighted by Gasteiger charge is -2.24. The van der Waals surface area contributed by atoms with Gasteiger partial charge in [0.15, 0.2) is 0 Å². The normalized spacial score (nSPS) is 14.0. The third-order valence-electron chi connectivity index (χ3n) is 11.5. The van der Waals surface area contributed by atoms with E-state index in [0.717, 1.165) is 83.5 Å². The Bertz CT molecular complexity index is 1270. The first-order valence-electron chi connectivity index (χ1n) is 26.5. The van der Waals surface area contributed by atoms with Crippen LogP contribution in [0.2, 0.25) is 0 Å². The lowest BCUT2D eigenvalue weighted by atomic mass is 10.0. The van der Waals surface area contributed by atoms with Gasteiger partial charge in [0, 0.05) is 6.42 Å². The molecule has 0 aliphatic heterocycles. The Balaban J connectivity index is 4.65. The fourth-order valence-electron chi connectivity index (χ4n) is 7.59. The summed E-state index contributed by atoms with van der Waals surface area (Å²) in [6.07, 6.45) is 67.6. The number of ether oxygens (including phenoxy) is 1. The number of esters is 1. The number of carbonyl (C=O) groups excluding carboxylic acids is 2. The van der Waals surface area contributed by atoms with E-state index in [1.165, 1.54) is 103 Å². The fraction of sp³-hybridized carbons (Fsp3) is 0.690. The van der Waals surface area contributed by atoms with Crippen LogP contribution in [0.15, 0.2) is 97.2 Å². The van der Waals surface area contributed by atoms with Crippen LogP contribution < -0.4 is 5.32 Å². The van der Waals surface area contributed by atoms with Crippen molar-refractivity contribution >= 4 is 11.9 Å². The summed E-state index contributed by atoms with van der Waals surface area (Å²) in [5.74, 6) is -0.566. The van der Waals surface area contributed by atoms with Crippen molar-refractivity contribution in [3.8, 4) is 0 Å². The molecule has 0 rings (SSSR count). The molecule has 0 spiro atoms. The second-order valence-corrected chi connectivity index (χ2v) is 17.6. The van der Waals surface area contributed by atoms with Crippen molar-refractivity contribution in [1.82, 2.24) is 5.32 Å². The number of hydrogen-bond donors (Lipinski definition) is 3. The molecule has 6 heteroatoms. The number of carbonyl (C=O) groups is 2. The van der Waals surface area contributed by atoms with Crippen LogP contribution in [0.5, 0.6) is 0 Å². The van der Waals surface area contributed by atoms with Crippen LogP contribution >= 0.6 is 0 Å². The molecule has 64 heavy (non-hydrogen) atoms. The highest BCUT2D eigenvalue weighted by Crippen LogP contribution is 2.17. The first kappa shape index (κ1) is 60.8. The van der Waals surface area contributed by atoms with Crippen molar-refractivity contribution in [3.05, 3.63) is 97.2 Å². The van der Waals surface area contributed by atoms with Crippen molar-refractivity contribution in [2.75, 3.05) is 6.61 Å². The van der Waals surface area contributed by atoms with Crippen LogP contribution in [0, 0.1) is 0 Å². The van der Waals surface area contributed by atoms with Gasteiger partial charge in [-0.1, -0.05) is 246 Å². The van der Waals surface area contributed by atoms with Crippen LogP contribution in [-0.2, 0) is 14.3 Å². The van der Waals surface area contributed by atoms with Crippen LogP contribution in [0.25, 0.3) is 0 Å². The van der Waals surface area contributed by atoms with Gasteiger partial charge in [0.25, 0.3) is 0 Å². The summed E-state index contributed by atoms with van der Waals surface area (Å²) >= 11 is 0. The molecule has 0 aliphatic rings. The summed E-state index contributed by atoms with van der Waals surface area (Å²) in [5, 5.41) is 23.8. The number of allylic oxidation sites excluding steroid dienone is 16. The molecule has 1 amide bonds. The molecule has 0 aromatic rings. The van der Waals surface area contributed by atoms with E-state index in [4.69, 9.17) is 4.74 Å².